The smallest absolute Gasteiger partial charge is 0.377 e. The molecule has 14 atom stereocenters. The predicted molar refractivity (Wildman–Crippen MR) is 478 cm³/mol. The van der Waals surface area contributed by atoms with E-state index in [1.807, 2.05) is 0 Å². The molecule has 28 bridgehead atoms. The number of hydrogen-bond acceptors (Lipinski definition) is 22. The lowest BCUT2D eigenvalue weighted by atomic mass is 9.43. The molecule has 1 aromatic rings. The molecule has 22 nitrogen and oxygen atoms in total. The Kier molecular flexibility index (Phi) is 24.4. The highest BCUT2D eigenvalue weighted by molar-refractivity contribution is 5.91. The average molecular weight is 1960 g/mol. The second-order valence-corrected chi connectivity index (χ2v) is 51.6. The minimum Gasteiger partial charge on any atom is -0.462 e. The first kappa shape index (κ1) is 97.3. The molecule has 14 unspecified atom stereocenters. The summed E-state index contributed by atoms with van der Waals surface area (Å²) in [7, 11) is 0. The third kappa shape index (κ3) is 18.0. The maximum absolute atomic E-state index is 14.0. The van der Waals surface area contributed by atoms with Gasteiger partial charge in [-0.25, -0.2) is 19.2 Å². The van der Waals surface area contributed by atoms with Crippen LogP contribution in [0.2, 0.25) is 0 Å². The molecule has 0 radical (unpaired) electrons. The first-order valence-corrected chi connectivity index (χ1v) is 53.6. The van der Waals surface area contributed by atoms with Crippen molar-refractivity contribution >= 4 is 59.3 Å². The van der Waals surface area contributed by atoms with Gasteiger partial charge in [-0.1, -0.05) is 49.1 Å². The molecule has 29 aliphatic carbocycles. The normalized spacial score (nSPS) is 45.8. The highest BCUT2D eigenvalue weighted by Crippen LogP contribution is 2.71. The van der Waals surface area contributed by atoms with Crippen molar-refractivity contribution in [2.24, 2.45) is 151 Å². The lowest BCUT2D eigenvalue weighted by Crippen LogP contribution is -2.65. The predicted octanol–water partition coefficient (Wildman–Crippen LogP) is 19.7. The fourth-order valence-electron chi connectivity index (χ4n) is 37.0. The van der Waals surface area contributed by atoms with E-state index >= 15 is 0 Å². The van der Waals surface area contributed by atoms with Crippen molar-refractivity contribution < 1.29 is 140 Å². The summed E-state index contributed by atoms with van der Waals surface area (Å²) < 4.78 is 180. The summed E-state index contributed by atoms with van der Waals surface area (Å²) in [6, 6.07) is 8.81. The van der Waals surface area contributed by atoms with Crippen molar-refractivity contribution in [3.8, 4) is 0 Å². The van der Waals surface area contributed by atoms with E-state index in [2.05, 4.69) is 35.9 Å². The number of carbonyl (C=O) groups excluding carboxylic acids is 10. The molecule has 766 valence electrons. The summed E-state index contributed by atoms with van der Waals surface area (Å²) in [6.45, 7) is 4.59. The van der Waals surface area contributed by atoms with E-state index in [1.165, 1.54) is 75.3 Å². The largest absolute Gasteiger partial charge is 0.462 e. The number of aryl methyl sites for hydroxylation is 1. The van der Waals surface area contributed by atoms with E-state index < -0.39 is 116 Å². The Bertz CT molecular complexity index is 4660. The lowest BCUT2D eigenvalue weighted by Gasteiger charge is -2.62. The number of esters is 8. The summed E-state index contributed by atoms with van der Waals surface area (Å²) in [5.41, 5.74) is -1.43. The topological polar surface area (TPSA) is 281 Å². The van der Waals surface area contributed by atoms with Crippen molar-refractivity contribution in [2.75, 3.05) is 39.6 Å². The van der Waals surface area contributed by atoms with Gasteiger partial charge in [0, 0.05) is 80.5 Å². The van der Waals surface area contributed by atoms with Crippen molar-refractivity contribution in [1.29, 1.82) is 0 Å². The Morgan fingerprint density at radius 3 is 0.942 bits per heavy atom. The molecule has 0 amide bonds. The third-order valence-electron chi connectivity index (χ3n) is 40.6. The van der Waals surface area contributed by atoms with Gasteiger partial charge in [-0.05, 0) is 352 Å². The van der Waals surface area contributed by atoms with Crippen LogP contribution >= 0.6 is 0 Å². The molecule has 0 N–H and O–H groups in total. The number of hydrogen-bond donors (Lipinski definition) is 0. The van der Waals surface area contributed by atoms with Gasteiger partial charge in [0.25, 0.3) is 0 Å². The number of ketones is 2. The van der Waals surface area contributed by atoms with Gasteiger partial charge < -0.3 is 56.8 Å². The van der Waals surface area contributed by atoms with Gasteiger partial charge in [-0.3, -0.25) is 28.8 Å². The molecular formula is C109H142F8O22. The van der Waals surface area contributed by atoms with Gasteiger partial charge >= 0.3 is 71.4 Å². The van der Waals surface area contributed by atoms with Crippen LogP contribution in [0.25, 0.3) is 0 Å². The summed E-state index contributed by atoms with van der Waals surface area (Å²) in [5, 5.41) is 0. The molecular weight excluding hydrogens is 1810 g/mol. The van der Waals surface area contributed by atoms with Gasteiger partial charge in [0.1, 0.15) is 73.6 Å². The minimum absolute atomic E-state index is 0.0347. The first-order chi connectivity index (χ1) is 65.7. The summed E-state index contributed by atoms with van der Waals surface area (Å²) in [6.07, 6.45) is 34.8. The Morgan fingerprint density at radius 1 is 0.324 bits per heavy atom. The number of ether oxygens (including phenoxy) is 12. The quantitative estimate of drug-likeness (QED) is 0.0559. The second-order valence-electron chi connectivity index (χ2n) is 51.6. The third-order valence-corrected chi connectivity index (χ3v) is 40.6. The molecule has 2 aliphatic heterocycles. The molecule has 2 heterocycles. The molecule has 2 spiro atoms. The molecule has 0 aromatic heterocycles. The fraction of sp³-hybridized carbons (Fsp3) is 0.853. The summed E-state index contributed by atoms with van der Waals surface area (Å²) in [5.74, 6) is -16.8. The molecule has 29 saturated carbocycles. The van der Waals surface area contributed by atoms with Crippen LogP contribution < -0.4 is 0 Å². The Morgan fingerprint density at radius 2 is 0.619 bits per heavy atom. The zero-order chi connectivity index (χ0) is 97.3. The fourth-order valence-corrected chi connectivity index (χ4v) is 37.0. The second kappa shape index (κ2) is 34.9. The van der Waals surface area contributed by atoms with Crippen LogP contribution in [0.4, 0.5) is 35.1 Å². The van der Waals surface area contributed by atoms with Gasteiger partial charge in [-0.15, -0.1) is 0 Å². The van der Waals surface area contributed by atoms with E-state index in [9.17, 15) is 83.1 Å². The molecule has 32 rings (SSSR count). The molecule has 31 fully saturated rings. The number of halogens is 8. The highest BCUT2D eigenvalue weighted by Gasteiger charge is 2.74. The Balaban J connectivity index is 0.000000117. The van der Waals surface area contributed by atoms with Gasteiger partial charge in [-0.2, -0.15) is 35.1 Å². The van der Waals surface area contributed by atoms with Crippen LogP contribution in [0.5, 0.6) is 0 Å². The molecule has 30 heteroatoms. The van der Waals surface area contributed by atoms with Crippen LogP contribution in [-0.4, -0.2) is 170 Å². The molecule has 31 aliphatic rings. The number of alkyl halides is 8. The summed E-state index contributed by atoms with van der Waals surface area (Å²) >= 11 is 0. The Labute approximate surface area is 808 Å². The minimum atomic E-state index is -3.60. The maximum Gasteiger partial charge on any atom is 0.377 e. The van der Waals surface area contributed by atoms with E-state index in [-0.39, 0.29) is 139 Å². The monoisotopic (exact) mass is 1950 g/mol. The van der Waals surface area contributed by atoms with Crippen molar-refractivity contribution in [2.45, 2.75) is 387 Å². The van der Waals surface area contributed by atoms with E-state index in [0.29, 0.717) is 163 Å². The van der Waals surface area contributed by atoms with Crippen LogP contribution in [-0.2, 0) is 110 Å². The molecule has 139 heavy (non-hydrogen) atoms. The maximum atomic E-state index is 14.0. The van der Waals surface area contributed by atoms with Crippen LogP contribution in [0, 0.1) is 158 Å². The number of benzene rings is 1. The summed E-state index contributed by atoms with van der Waals surface area (Å²) in [4.78, 5) is 128. The Hall–Kier alpha value is -6.40. The van der Waals surface area contributed by atoms with Gasteiger partial charge in [0.15, 0.2) is 11.6 Å². The van der Waals surface area contributed by atoms with Crippen LogP contribution in [0.1, 0.15) is 315 Å². The molecule has 1 aromatic carbocycles. The zero-order valence-corrected chi connectivity index (χ0v) is 81.4. The molecule has 2 saturated heterocycles. The number of carbonyl (C=O) groups is 10. The van der Waals surface area contributed by atoms with Crippen molar-refractivity contribution in [1.82, 2.24) is 0 Å². The standard InChI is InChI=1S/C39H48F2O10.C39H52F2O8.C21H26F2O2.C10H16F2O2/c1-35(40,41)32(44)51-38-10-21-6-26(15-38)39(27(7-21)16-38)49-28(17-47-33(45)36-8-19-2-22(11-36)30(42)23(3-19)12-36)29(50-39)18-48-34(46)37-9-20-4-24(13-37)31(43)25(5-20)14-37;1-35(40,41)32(42)49-38-16-27-8-28(17-38)39(29(9-27)18-38)47-30(19-45-33(43)36-10-21-2-22(11-36)4-23(3-21)12-36)31(48-39)20-46-34(44)37-13-24-5-25(14-37)7-26(6-24)15-37;1-14-3-5-17(6-4-14)21-10-15-7-16(11-21)9-20(8-15,12-21)13-25-18(24)19(2,22)23;1-10(11,12)9(13)14-7-8-5-3-2-4-6-8/h19-29H,2-18H2,1H3;21-31H,2-20H2,1H3;3-6,15-16H,7-13H2,1-2H3;8H,2-7H2,1H3. The number of rotatable bonds is 23. The van der Waals surface area contributed by atoms with Crippen molar-refractivity contribution in [3.63, 3.8) is 0 Å². The van der Waals surface area contributed by atoms with E-state index in [1.54, 1.807) is 0 Å². The number of Topliss-reactive ketones (excluding diaryl/α,β-unsaturated/α-hetero) is 2. The SMILES string of the molecule is CC(F)(F)C(=O)OC12CC3CC(C1)C1(OC(COC(=O)C45CC6CC(C4)C(=O)C(C6)C5)C(COC(=O)C45CC6CC(C4)C(=O)C(C6)C5)O1)C(C3)C2.CC(F)(F)C(=O)OC12CC3CC(C1)C1(OC(COC(=O)C45CC6CC(CC(C6)C4)C5)C(COC(=O)C45CC6CC(CC(C6)C4)C5)O1)C(C3)C2.CC(F)(F)C(=O)OCC1CCCCC1.Cc1ccc(C23CC4CC(CC(COC(=O)C(C)(F)F)(C4)C2)C3)cc1. The van der Waals surface area contributed by atoms with Crippen molar-refractivity contribution in [3.05, 3.63) is 35.4 Å². The van der Waals surface area contributed by atoms with Gasteiger partial charge in [0.05, 0.1) is 34.9 Å². The average Bonchev–Trinajstić information content (AvgIpc) is 1.62. The zero-order valence-electron chi connectivity index (χ0n) is 81.4. The van der Waals surface area contributed by atoms with Gasteiger partial charge in [0.2, 0.25) is 0 Å². The highest BCUT2D eigenvalue weighted by atomic mass is 19.3. The first-order valence-electron chi connectivity index (χ1n) is 53.6. The van der Waals surface area contributed by atoms with E-state index in [4.69, 9.17) is 52.1 Å². The van der Waals surface area contributed by atoms with E-state index in [0.717, 1.165) is 148 Å². The lowest BCUT2D eigenvalue weighted by molar-refractivity contribution is -0.326. The van der Waals surface area contributed by atoms with Crippen LogP contribution in [0.15, 0.2) is 24.3 Å². The van der Waals surface area contributed by atoms with Crippen LogP contribution in [0.3, 0.4) is 0 Å².